The third-order valence-corrected chi connectivity index (χ3v) is 3.68. The van der Waals surface area contributed by atoms with Gasteiger partial charge in [-0.25, -0.2) is 0 Å². The Bertz CT molecular complexity index is 267. The van der Waals surface area contributed by atoms with Crippen molar-refractivity contribution in [1.29, 1.82) is 0 Å². The predicted octanol–water partition coefficient (Wildman–Crippen LogP) is -0.0346. The lowest BCUT2D eigenvalue weighted by Crippen LogP contribution is -2.44. The summed E-state index contributed by atoms with van der Waals surface area (Å²) in [6, 6.07) is 0. The van der Waals surface area contributed by atoms with E-state index in [0.29, 0.717) is 0 Å². The molecule has 2 aliphatic rings. The Morgan fingerprint density at radius 1 is 1.39 bits per heavy atom. The number of carbonyl (C=O) groups is 1. The maximum absolute atomic E-state index is 11.8. The summed E-state index contributed by atoms with van der Waals surface area (Å²) in [5.41, 5.74) is 0. The van der Waals surface area contributed by atoms with Crippen molar-refractivity contribution in [2.24, 2.45) is 0 Å². The minimum absolute atomic E-state index is 0.0691. The van der Waals surface area contributed by atoms with Gasteiger partial charge in [0.25, 0.3) is 0 Å². The van der Waals surface area contributed by atoms with Gasteiger partial charge in [-0.15, -0.1) is 0 Å². The van der Waals surface area contributed by atoms with E-state index in [-0.39, 0.29) is 18.1 Å². The Labute approximate surface area is 109 Å². The van der Waals surface area contributed by atoms with Crippen molar-refractivity contribution in [1.82, 2.24) is 15.5 Å². The van der Waals surface area contributed by atoms with E-state index in [2.05, 4.69) is 15.5 Å². The molecule has 2 fully saturated rings. The van der Waals surface area contributed by atoms with E-state index in [1.807, 2.05) is 6.92 Å². The fraction of sp³-hybridized carbons (Fsp3) is 0.923. The fourth-order valence-electron chi connectivity index (χ4n) is 2.56. The van der Waals surface area contributed by atoms with Gasteiger partial charge in [-0.2, -0.15) is 0 Å². The maximum atomic E-state index is 11.8. The summed E-state index contributed by atoms with van der Waals surface area (Å²) < 4.78 is 5.54. The number of hydrogen-bond acceptors (Lipinski definition) is 4. The summed E-state index contributed by atoms with van der Waals surface area (Å²) in [7, 11) is 0. The molecular formula is C13H25N3O2. The van der Waals surface area contributed by atoms with Crippen LogP contribution in [0.5, 0.6) is 0 Å². The Kier molecular flexibility index (Phi) is 5.41. The molecule has 2 atom stereocenters. The average Bonchev–Trinajstić information content (AvgIpc) is 2.82. The smallest absolute Gasteiger partial charge is 0.249 e. The third-order valence-electron chi connectivity index (χ3n) is 3.68. The Morgan fingerprint density at radius 3 is 2.83 bits per heavy atom. The van der Waals surface area contributed by atoms with E-state index < -0.39 is 0 Å². The zero-order valence-electron chi connectivity index (χ0n) is 11.3. The Morgan fingerprint density at radius 2 is 2.17 bits per heavy atom. The predicted molar refractivity (Wildman–Crippen MR) is 70.5 cm³/mol. The third kappa shape index (κ3) is 4.23. The van der Waals surface area contributed by atoms with Crippen LogP contribution in [0.3, 0.4) is 0 Å². The van der Waals surface area contributed by atoms with E-state index in [4.69, 9.17) is 4.74 Å². The molecule has 104 valence electrons. The molecule has 5 heteroatoms. The zero-order chi connectivity index (χ0) is 12.8. The minimum atomic E-state index is -0.209. The average molecular weight is 255 g/mol. The number of hydrogen-bond donors (Lipinski definition) is 2. The highest BCUT2D eigenvalue weighted by molar-refractivity contribution is 5.80. The first-order valence-corrected chi connectivity index (χ1v) is 7.12. The van der Waals surface area contributed by atoms with Crippen molar-refractivity contribution in [2.75, 3.05) is 39.3 Å². The summed E-state index contributed by atoms with van der Waals surface area (Å²) in [5.74, 6) is 0.0691. The number of amides is 1. The van der Waals surface area contributed by atoms with Crippen molar-refractivity contribution in [3.8, 4) is 0 Å². The van der Waals surface area contributed by atoms with E-state index in [9.17, 15) is 4.79 Å². The van der Waals surface area contributed by atoms with Crippen LogP contribution in [-0.2, 0) is 9.53 Å². The first-order chi connectivity index (χ1) is 8.75. The van der Waals surface area contributed by atoms with Gasteiger partial charge in [0.2, 0.25) is 5.91 Å². The summed E-state index contributed by atoms with van der Waals surface area (Å²) in [6.45, 7) is 8.27. The van der Waals surface area contributed by atoms with Crippen LogP contribution in [-0.4, -0.2) is 62.3 Å². The number of ether oxygens (including phenoxy) is 1. The molecule has 18 heavy (non-hydrogen) atoms. The SMILES string of the molecule is CC1CCC(C(=O)NCCCN2CCNCC2)O1. The molecule has 2 aliphatic heterocycles. The van der Waals surface area contributed by atoms with Gasteiger partial charge in [-0.3, -0.25) is 4.79 Å². The lowest BCUT2D eigenvalue weighted by atomic mass is 10.2. The van der Waals surface area contributed by atoms with Gasteiger partial charge in [-0.1, -0.05) is 0 Å². The molecule has 2 rings (SSSR count). The van der Waals surface area contributed by atoms with Crippen LogP contribution in [0.1, 0.15) is 26.2 Å². The number of piperazine rings is 1. The van der Waals surface area contributed by atoms with Gasteiger partial charge >= 0.3 is 0 Å². The van der Waals surface area contributed by atoms with Crippen LogP contribution < -0.4 is 10.6 Å². The van der Waals surface area contributed by atoms with Crippen LogP contribution in [0.2, 0.25) is 0 Å². The van der Waals surface area contributed by atoms with Crippen LogP contribution in [0.4, 0.5) is 0 Å². The molecule has 0 aromatic heterocycles. The molecule has 0 aromatic rings. The van der Waals surface area contributed by atoms with Crippen LogP contribution >= 0.6 is 0 Å². The van der Waals surface area contributed by atoms with Crippen molar-refractivity contribution < 1.29 is 9.53 Å². The van der Waals surface area contributed by atoms with E-state index in [1.165, 1.54) is 0 Å². The molecule has 2 N–H and O–H groups in total. The highest BCUT2D eigenvalue weighted by Crippen LogP contribution is 2.18. The molecule has 1 amide bonds. The molecule has 5 nitrogen and oxygen atoms in total. The molecule has 0 radical (unpaired) electrons. The number of nitrogens with one attached hydrogen (secondary N) is 2. The van der Waals surface area contributed by atoms with E-state index in [0.717, 1.165) is 58.5 Å². The second-order valence-electron chi connectivity index (χ2n) is 5.25. The summed E-state index contributed by atoms with van der Waals surface area (Å²) in [5, 5.41) is 6.32. The summed E-state index contributed by atoms with van der Waals surface area (Å²) in [6.07, 6.45) is 2.92. The second kappa shape index (κ2) is 7.07. The minimum Gasteiger partial charge on any atom is -0.365 e. The Hall–Kier alpha value is -0.650. The first-order valence-electron chi connectivity index (χ1n) is 7.12. The molecule has 2 heterocycles. The van der Waals surface area contributed by atoms with E-state index in [1.54, 1.807) is 0 Å². The number of rotatable bonds is 5. The lowest BCUT2D eigenvalue weighted by Gasteiger charge is -2.27. The maximum Gasteiger partial charge on any atom is 0.249 e. The standard InChI is InChI=1S/C13H25N3O2/c1-11-3-4-12(18-11)13(17)15-5-2-8-16-9-6-14-7-10-16/h11-12,14H,2-10H2,1H3,(H,15,17). The van der Waals surface area contributed by atoms with Crippen LogP contribution in [0.15, 0.2) is 0 Å². The molecule has 0 saturated carbocycles. The number of nitrogens with zero attached hydrogens (tertiary/aromatic N) is 1. The molecule has 2 unspecified atom stereocenters. The van der Waals surface area contributed by atoms with Crippen molar-refractivity contribution in [3.63, 3.8) is 0 Å². The molecule has 2 saturated heterocycles. The highest BCUT2D eigenvalue weighted by atomic mass is 16.5. The fourth-order valence-corrected chi connectivity index (χ4v) is 2.56. The van der Waals surface area contributed by atoms with Crippen LogP contribution in [0.25, 0.3) is 0 Å². The molecular weight excluding hydrogens is 230 g/mol. The molecule has 0 bridgehead atoms. The molecule has 0 aromatic carbocycles. The zero-order valence-corrected chi connectivity index (χ0v) is 11.3. The largest absolute Gasteiger partial charge is 0.365 e. The quantitative estimate of drug-likeness (QED) is 0.677. The number of carbonyl (C=O) groups excluding carboxylic acids is 1. The van der Waals surface area contributed by atoms with Gasteiger partial charge in [0.1, 0.15) is 6.10 Å². The van der Waals surface area contributed by atoms with Crippen molar-refractivity contribution >= 4 is 5.91 Å². The first kappa shape index (κ1) is 13.8. The topological polar surface area (TPSA) is 53.6 Å². The monoisotopic (exact) mass is 255 g/mol. The van der Waals surface area contributed by atoms with Crippen molar-refractivity contribution in [2.45, 2.75) is 38.4 Å². The molecule has 0 spiro atoms. The van der Waals surface area contributed by atoms with Gasteiger partial charge < -0.3 is 20.3 Å². The van der Waals surface area contributed by atoms with Gasteiger partial charge in [0.05, 0.1) is 6.10 Å². The normalized spacial score (nSPS) is 29.4. The summed E-state index contributed by atoms with van der Waals surface area (Å²) in [4.78, 5) is 14.2. The Balaban J connectivity index is 1.53. The molecule has 0 aliphatic carbocycles. The van der Waals surface area contributed by atoms with Gasteiger partial charge in [0, 0.05) is 32.7 Å². The van der Waals surface area contributed by atoms with Crippen LogP contribution in [0, 0.1) is 0 Å². The van der Waals surface area contributed by atoms with Crippen molar-refractivity contribution in [3.05, 3.63) is 0 Å². The van der Waals surface area contributed by atoms with Gasteiger partial charge in [-0.05, 0) is 32.7 Å². The van der Waals surface area contributed by atoms with Gasteiger partial charge in [0.15, 0.2) is 0 Å². The van der Waals surface area contributed by atoms with E-state index >= 15 is 0 Å². The summed E-state index contributed by atoms with van der Waals surface area (Å²) >= 11 is 0. The second-order valence-corrected chi connectivity index (χ2v) is 5.25. The lowest BCUT2D eigenvalue weighted by molar-refractivity contribution is -0.131. The highest BCUT2D eigenvalue weighted by Gasteiger charge is 2.27.